The summed E-state index contributed by atoms with van der Waals surface area (Å²) in [6.07, 6.45) is 0. The Bertz CT molecular complexity index is 1640. The van der Waals surface area contributed by atoms with Crippen molar-refractivity contribution in [3.05, 3.63) is 93.2 Å². The minimum atomic E-state index is -3.76. The molecule has 0 N–H and O–H groups in total. The summed E-state index contributed by atoms with van der Waals surface area (Å²) in [5, 5.41) is 0.524. The lowest BCUT2D eigenvalue weighted by molar-refractivity contribution is -0.141. The summed E-state index contributed by atoms with van der Waals surface area (Å²) < 4.78 is 34.5. The van der Waals surface area contributed by atoms with Crippen molar-refractivity contribution in [3.8, 4) is 0 Å². The van der Waals surface area contributed by atoms with E-state index >= 15 is 0 Å². The zero-order valence-corrected chi connectivity index (χ0v) is 22.7. The Morgan fingerprint density at radius 3 is 2.38 bits per heavy atom. The Morgan fingerprint density at radius 1 is 1.05 bits per heavy atom. The minimum absolute atomic E-state index is 0.0652. The first-order valence-electron chi connectivity index (χ1n) is 11.2. The average Bonchev–Trinajstić information content (AvgIpc) is 3.23. The lowest BCUT2D eigenvalue weighted by Crippen LogP contribution is -2.26. The fraction of sp³-hybridized carbons (Fsp3) is 0.192. The molecule has 0 aliphatic rings. The van der Waals surface area contributed by atoms with E-state index in [1.165, 1.54) is 54.1 Å². The summed E-state index contributed by atoms with van der Waals surface area (Å²) in [6, 6.07) is 18.4. The third-order valence-electron chi connectivity index (χ3n) is 5.80. The summed E-state index contributed by atoms with van der Waals surface area (Å²) in [7, 11) is -0.972. The third-order valence-corrected chi connectivity index (χ3v) is 9.07. The maximum Gasteiger partial charge on any atom is 0.325 e. The van der Waals surface area contributed by atoms with Gasteiger partial charge in [0.2, 0.25) is 10.0 Å². The summed E-state index contributed by atoms with van der Waals surface area (Å²) in [5.41, 5.74) is 2.51. The molecule has 0 fully saturated rings. The Kier molecular flexibility index (Phi) is 7.93. The molecule has 4 aromatic rings. The monoisotopic (exact) mass is 557 g/mol. The van der Waals surface area contributed by atoms with Crippen LogP contribution in [0.5, 0.6) is 0 Å². The molecule has 0 saturated carbocycles. The second-order valence-corrected chi connectivity index (χ2v) is 11.7. The topological polar surface area (TPSA) is 98.0 Å². The SMILES string of the molecule is COC(=O)Cn1c(=NC(=O)c2ccc(S(=O)(=O)N(C)Cc3ccccc3)cc2)sc2ccc(Cl)c(C)c21. The van der Waals surface area contributed by atoms with Crippen molar-refractivity contribution < 1.29 is 22.7 Å². The van der Waals surface area contributed by atoms with E-state index in [4.69, 9.17) is 16.3 Å². The molecule has 37 heavy (non-hydrogen) atoms. The van der Waals surface area contributed by atoms with Gasteiger partial charge >= 0.3 is 5.97 Å². The number of fused-ring (bicyclic) bond motifs is 1. The number of aryl methyl sites for hydroxylation is 1. The number of hydrogen-bond acceptors (Lipinski definition) is 6. The van der Waals surface area contributed by atoms with Crippen LogP contribution in [0.15, 0.2) is 76.6 Å². The number of amides is 1. The van der Waals surface area contributed by atoms with Crippen molar-refractivity contribution in [3.63, 3.8) is 0 Å². The van der Waals surface area contributed by atoms with E-state index < -0.39 is 21.9 Å². The van der Waals surface area contributed by atoms with Gasteiger partial charge in [-0.2, -0.15) is 9.30 Å². The van der Waals surface area contributed by atoms with E-state index in [-0.39, 0.29) is 23.5 Å². The van der Waals surface area contributed by atoms with Gasteiger partial charge in [0.1, 0.15) is 6.54 Å². The van der Waals surface area contributed by atoms with Gasteiger partial charge in [0.25, 0.3) is 5.91 Å². The highest BCUT2D eigenvalue weighted by Gasteiger charge is 2.21. The number of esters is 1. The van der Waals surface area contributed by atoms with E-state index in [0.717, 1.165) is 15.8 Å². The van der Waals surface area contributed by atoms with Gasteiger partial charge in [0.05, 0.1) is 22.2 Å². The first kappa shape index (κ1) is 26.7. The predicted octanol–water partition coefficient (Wildman–Crippen LogP) is 4.40. The van der Waals surface area contributed by atoms with E-state index in [2.05, 4.69) is 4.99 Å². The molecule has 0 atom stereocenters. The van der Waals surface area contributed by atoms with E-state index in [1.807, 2.05) is 37.3 Å². The first-order valence-corrected chi connectivity index (χ1v) is 13.8. The number of thiazole rings is 1. The number of ether oxygens (including phenoxy) is 1. The van der Waals surface area contributed by atoms with Crippen molar-refractivity contribution in [2.24, 2.45) is 4.99 Å². The van der Waals surface area contributed by atoms with Crippen LogP contribution in [0.1, 0.15) is 21.5 Å². The van der Waals surface area contributed by atoms with Crippen molar-refractivity contribution in [1.29, 1.82) is 0 Å². The van der Waals surface area contributed by atoms with Crippen LogP contribution in [0, 0.1) is 6.92 Å². The van der Waals surface area contributed by atoms with Gasteiger partial charge in [-0.3, -0.25) is 9.59 Å². The molecule has 0 spiro atoms. The summed E-state index contributed by atoms with van der Waals surface area (Å²) in [5.74, 6) is -1.07. The minimum Gasteiger partial charge on any atom is -0.468 e. The smallest absolute Gasteiger partial charge is 0.325 e. The molecule has 1 amide bonds. The van der Waals surface area contributed by atoms with Crippen LogP contribution in [0.25, 0.3) is 10.2 Å². The quantitative estimate of drug-likeness (QED) is 0.314. The largest absolute Gasteiger partial charge is 0.468 e. The van der Waals surface area contributed by atoms with Gasteiger partial charge in [-0.05, 0) is 54.4 Å². The van der Waals surface area contributed by atoms with Crippen LogP contribution in [-0.4, -0.2) is 43.3 Å². The number of sulfonamides is 1. The van der Waals surface area contributed by atoms with Gasteiger partial charge in [0, 0.05) is 24.2 Å². The van der Waals surface area contributed by atoms with Crippen molar-refractivity contribution in [1.82, 2.24) is 8.87 Å². The highest BCUT2D eigenvalue weighted by Crippen LogP contribution is 2.27. The lowest BCUT2D eigenvalue weighted by Gasteiger charge is -2.17. The summed E-state index contributed by atoms with van der Waals surface area (Å²) >= 11 is 7.53. The van der Waals surface area contributed by atoms with Crippen LogP contribution in [0.2, 0.25) is 5.02 Å². The van der Waals surface area contributed by atoms with Gasteiger partial charge in [0.15, 0.2) is 4.80 Å². The number of aromatic nitrogens is 1. The van der Waals surface area contributed by atoms with Crippen molar-refractivity contribution in [2.45, 2.75) is 24.9 Å². The molecular formula is C26H24ClN3O5S2. The molecule has 0 bridgehead atoms. The maximum absolute atomic E-state index is 13.0. The number of benzene rings is 3. The molecule has 8 nitrogen and oxygen atoms in total. The van der Waals surface area contributed by atoms with Crippen LogP contribution in [-0.2, 0) is 32.6 Å². The normalized spacial score (nSPS) is 12.3. The molecule has 4 rings (SSSR count). The van der Waals surface area contributed by atoms with Crippen LogP contribution >= 0.6 is 22.9 Å². The molecule has 0 aliphatic heterocycles. The van der Waals surface area contributed by atoms with Crippen LogP contribution < -0.4 is 4.80 Å². The fourth-order valence-corrected chi connectivity index (χ4v) is 6.17. The predicted molar refractivity (Wildman–Crippen MR) is 143 cm³/mol. The lowest BCUT2D eigenvalue weighted by atomic mass is 10.2. The average molecular weight is 558 g/mol. The highest BCUT2D eigenvalue weighted by atomic mass is 35.5. The van der Waals surface area contributed by atoms with Gasteiger partial charge in [-0.15, -0.1) is 0 Å². The zero-order valence-electron chi connectivity index (χ0n) is 20.3. The third kappa shape index (κ3) is 5.67. The summed E-state index contributed by atoms with van der Waals surface area (Å²) in [4.78, 5) is 29.7. The second kappa shape index (κ2) is 11.0. The molecule has 192 valence electrons. The fourth-order valence-electron chi connectivity index (χ4n) is 3.77. The first-order chi connectivity index (χ1) is 17.6. The molecule has 0 radical (unpaired) electrons. The highest BCUT2D eigenvalue weighted by molar-refractivity contribution is 7.89. The number of carbonyl (C=O) groups is 2. The molecular weight excluding hydrogens is 534 g/mol. The van der Waals surface area contributed by atoms with E-state index in [1.54, 1.807) is 16.7 Å². The molecule has 3 aromatic carbocycles. The van der Waals surface area contributed by atoms with Gasteiger partial charge in [-0.25, -0.2) is 8.42 Å². The Morgan fingerprint density at radius 2 is 1.73 bits per heavy atom. The molecule has 0 unspecified atom stereocenters. The number of rotatable bonds is 7. The molecule has 0 saturated heterocycles. The van der Waals surface area contributed by atoms with Crippen molar-refractivity contribution in [2.75, 3.05) is 14.2 Å². The molecule has 1 heterocycles. The van der Waals surface area contributed by atoms with E-state index in [0.29, 0.717) is 15.3 Å². The molecule has 11 heteroatoms. The number of nitrogens with zero attached hydrogens (tertiary/aromatic N) is 3. The molecule has 1 aromatic heterocycles. The second-order valence-electron chi connectivity index (χ2n) is 8.25. The number of methoxy groups -OCH3 is 1. The Labute approximate surface area is 223 Å². The Balaban J connectivity index is 1.65. The zero-order chi connectivity index (χ0) is 26.7. The van der Waals surface area contributed by atoms with Crippen LogP contribution in [0.4, 0.5) is 0 Å². The van der Waals surface area contributed by atoms with Gasteiger partial charge in [-0.1, -0.05) is 53.3 Å². The van der Waals surface area contributed by atoms with Crippen LogP contribution in [0.3, 0.4) is 0 Å². The Hall–Kier alpha value is -3.31. The molecule has 0 aliphatic carbocycles. The summed E-state index contributed by atoms with van der Waals surface area (Å²) in [6.45, 7) is 1.90. The maximum atomic E-state index is 13.0. The van der Waals surface area contributed by atoms with Gasteiger partial charge < -0.3 is 9.30 Å². The number of halogens is 1. The number of carbonyl (C=O) groups excluding carboxylic acids is 2. The van der Waals surface area contributed by atoms with E-state index in [9.17, 15) is 18.0 Å². The number of hydrogen-bond donors (Lipinski definition) is 0. The standard InChI is InChI=1S/C26H24ClN3O5S2/c1-17-21(27)13-14-22-24(17)30(16-23(31)35-3)26(36-22)28-25(32)19-9-11-20(12-10-19)37(33,34)29(2)15-18-7-5-4-6-8-18/h4-14H,15-16H2,1-3H3. The van der Waals surface area contributed by atoms with Crippen molar-refractivity contribution >= 4 is 55.1 Å².